The number of benzene rings is 1. The molecule has 0 atom stereocenters. The van der Waals surface area contributed by atoms with E-state index < -0.39 is 0 Å². The summed E-state index contributed by atoms with van der Waals surface area (Å²) in [5, 5.41) is 10.7. The summed E-state index contributed by atoms with van der Waals surface area (Å²) in [5.74, 6) is 5.58. The Bertz CT molecular complexity index is 578. The molecular weight excluding hydrogens is 324 g/mol. The molecule has 2 nitrogen and oxygen atoms in total. The van der Waals surface area contributed by atoms with Gasteiger partial charge in [-0.3, -0.25) is 0 Å². The normalized spacial score (nSPS) is 10.0. The van der Waals surface area contributed by atoms with Crippen LogP contribution in [0, 0.1) is 11.8 Å². The molecule has 0 saturated carbocycles. The van der Waals surface area contributed by atoms with Crippen LogP contribution in [0.15, 0.2) is 40.2 Å². The lowest BCUT2D eigenvalue weighted by atomic mass is 10.2. The Labute approximate surface area is 125 Å². The van der Waals surface area contributed by atoms with E-state index in [1.54, 1.807) is 11.3 Å². The lowest BCUT2D eigenvalue weighted by molar-refractivity contribution is 0.109. The number of ether oxygens (including phenoxy) is 1. The van der Waals surface area contributed by atoms with E-state index in [1.165, 1.54) is 0 Å². The number of rotatable bonds is 4. The molecule has 0 amide bonds. The van der Waals surface area contributed by atoms with Gasteiger partial charge in [0.2, 0.25) is 0 Å². The summed E-state index contributed by atoms with van der Waals surface area (Å²) in [6, 6.07) is 10.0. The van der Waals surface area contributed by atoms with Gasteiger partial charge < -0.3 is 9.84 Å². The zero-order valence-electron chi connectivity index (χ0n) is 10.2. The van der Waals surface area contributed by atoms with Crippen LogP contribution in [0.2, 0.25) is 0 Å². The Morgan fingerprint density at radius 3 is 2.68 bits per heavy atom. The molecule has 2 rings (SSSR count). The second-order valence-corrected chi connectivity index (χ2v) is 5.75. The molecule has 0 radical (unpaired) electrons. The fourth-order valence-electron chi connectivity index (χ4n) is 1.54. The zero-order chi connectivity index (χ0) is 13.5. The summed E-state index contributed by atoms with van der Waals surface area (Å²) < 4.78 is 6.76. The number of hydrogen-bond acceptors (Lipinski definition) is 3. The summed E-state index contributed by atoms with van der Waals surface area (Å²) in [5.41, 5.74) is 2.08. The van der Waals surface area contributed by atoms with Gasteiger partial charge in [-0.2, -0.15) is 0 Å². The molecule has 1 aromatic heterocycles. The Morgan fingerprint density at radius 1 is 1.16 bits per heavy atom. The van der Waals surface area contributed by atoms with Crippen molar-refractivity contribution in [1.29, 1.82) is 0 Å². The maximum atomic E-state index is 8.70. The van der Waals surface area contributed by atoms with Crippen molar-refractivity contribution in [2.75, 3.05) is 6.61 Å². The second kappa shape index (κ2) is 7.46. The molecule has 1 N–H and O–H groups in total. The molecule has 0 fully saturated rings. The van der Waals surface area contributed by atoms with Crippen molar-refractivity contribution >= 4 is 27.3 Å². The fraction of sp³-hybridized carbons (Fsp3) is 0.200. The van der Waals surface area contributed by atoms with Crippen molar-refractivity contribution < 1.29 is 9.84 Å². The number of aliphatic hydroxyl groups excluding tert-OH is 1. The smallest absolute Gasteiger partial charge is 0.104 e. The average Bonchev–Trinajstić information content (AvgIpc) is 2.86. The van der Waals surface area contributed by atoms with Gasteiger partial charge in [0.25, 0.3) is 0 Å². The quantitative estimate of drug-likeness (QED) is 0.865. The van der Waals surface area contributed by atoms with Crippen LogP contribution < -0.4 is 0 Å². The van der Waals surface area contributed by atoms with Gasteiger partial charge >= 0.3 is 0 Å². The first-order valence-electron chi connectivity index (χ1n) is 5.78. The summed E-state index contributed by atoms with van der Waals surface area (Å²) in [4.78, 5) is 1.10. The monoisotopic (exact) mass is 336 g/mol. The number of aliphatic hydroxyl groups is 1. The highest BCUT2D eigenvalue weighted by molar-refractivity contribution is 9.10. The lowest BCUT2D eigenvalue weighted by Gasteiger charge is -2.04. The molecule has 0 unspecified atom stereocenters. The van der Waals surface area contributed by atoms with Gasteiger partial charge in [0.15, 0.2) is 0 Å². The minimum atomic E-state index is -0.116. The van der Waals surface area contributed by atoms with E-state index in [4.69, 9.17) is 9.84 Å². The summed E-state index contributed by atoms with van der Waals surface area (Å²) in [6.45, 7) is 1.01. The van der Waals surface area contributed by atoms with E-state index in [1.807, 2.05) is 35.7 Å². The molecule has 19 heavy (non-hydrogen) atoms. The van der Waals surface area contributed by atoms with E-state index in [9.17, 15) is 0 Å². The van der Waals surface area contributed by atoms with Crippen molar-refractivity contribution in [3.8, 4) is 11.8 Å². The third-order valence-electron chi connectivity index (χ3n) is 2.46. The first-order chi connectivity index (χ1) is 9.29. The van der Waals surface area contributed by atoms with Crippen molar-refractivity contribution in [3.05, 3.63) is 56.2 Å². The first kappa shape index (κ1) is 14.3. The SMILES string of the molecule is OCC#Cc1ccsc1COCc1ccc(Br)cc1. The first-order valence-corrected chi connectivity index (χ1v) is 7.45. The van der Waals surface area contributed by atoms with Crippen LogP contribution in [-0.4, -0.2) is 11.7 Å². The molecule has 0 aliphatic carbocycles. The summed E-state index contributed by atoms with van der Waals surface area (Å²) >= 11 is 5.02. The number of thiophene rings is 1. The molecule has 1 heterocycles. The number of halogens is 1. The molecule has 0 spiro atoms. The van der Waals surface area contributed by atoms with Gasteiger partial charge in [0.1, 0.15) is 6.61 Å². The van der Waals surface area contributed by atoms with Gasteiger partial charge in [0, 0.05) is 14.9 Å². The summed E-state index contributed by atoms with van der Waals surface area (Å²) in [7, 11) is 0. The fourth-order valence-corrected chi connectivity index (χ4v) is 2.57. The van der Waals surface area contributed by atoms with Crippen LogP contribution in [0.5, 0.6) is 0 Å². The average molecular weight is 337 g/mol. The molecule has 0 aliphatic rings. The highest BCUT2D eigenvalue weighted by Crippen LogP contribution is 2.18. The minimum Gasteiger partial charge on any atom is -0.384 e. The molecule has 0 aliphatic heterocycles. The Hall–Kier alpha value is -1.12. The van der Waals surface area contributed by atoms with Crippen molar-refractivity contribution in [1.82, 2.24) is 0 Å². The van der Waals surface area contributed by atoms with E-state index in [-0.39, 0.29) is 6.61 Å². The standard InChI is InChI=1S/C15H13BrO2S/c16-14-5-3-12(4-6-14)10-18-11-15-13(2-1-8-17)7-9-19-15/h3-7,9,17H,8,10-11H2. The van der Waals surface area contributed by atoms with E-state index in [0.717, 1.165) is 20.5 Å². The second-order valence-electron chi connectivity index (χ2n) is 3.84. The van der Waals surface area contributed by atoms with Crippen molar-refractivity contribution in [2.45, 2.75) is 13.2 Å². The van der Waals surface area contributed by atoms with E-state index >= 15 is 0 Å². The van der Waals surface area contributed by atoms with Crippen LogP contribution in [0.1, 0.15) is 16.0 Å². The van der Waals surface area contributed by atoms with Gasteiger partial charge in [-0.25, -0.2) is 0 Å². The Morgan fingerprint density at radius 2 is 1.95 bits per heavy atom. The molecule has 2 aromatic rings. The lowest BCUT2D eigenvalue weighted by Crippen LogP contribution is -1.93. The third kappa shape index (κ3) is 4.48. The topological polar surface area (TPSA) is 29.5 Å². The van der Waals surface area contributed by atoms with E-state index in [2.05, 4.69) is 27.8 Å². The molecule has 0 bridgehead atoms. The molecule has 98 valence electrons. The van der Waals surface area contributed by atoms with Crippen LogP contribution >= 0.6 is 27.3 Å². The maximum Gasteiger partial charge on any atom is 0.104 e. The predicted octanol–water partition coefficient (Wildman–Crippen LogP) is 3.57. The van der Waals surface area contributed by atoms with Gasteiger partial charge in [-0.05, 0) is 29.1 Å². The van der Waals surface area contributed by atoms with Gasteiger partial charge in [-0.15, -0.1) is 11.3 Å². The zero-order valence-corrected chi connectivity index (χ0v) is 12.6. The molecule has 4 heteroatoms. The van der Waals surface area contributed by atoms with Crippen LogP contribution in [0.3, 0.4) is 0 Å². The largest absolute Gasteiger partial charge is 0.384 e. The van der Waals surface area contributed by atoms with Gasteiger partial charge in [-0.1, -0.05) is 39.9 Å². The van der Waals surface area contributed by atoms with Crippen LogP contribution in [0.25, 0.3) is 0 Å². The van der Waals surface area contributed by atoms with Crippen LogP contribution in [-0.2, 0) is 18.0 Å². The Balaban J connectivity index is 1.89. The van der Waals surface area contributed by atoms with Crippen LogP contribution in [0.4, 0.5) is 0 Å². The number of hydrogen-bond donors (Lipinski definition) is 1. The predicted molar refractivity (Wildman–Crippen MR) is 80.9 cm³/mol. The highest BCUT2D eigenvalue weighted by Gasteiger charge is 2.02. The molecular formula is C15H13BrO2S. The highest BCUT2D eigenvalue weighted by atomic mass is 79.9. The maximum absolute atomic E-state index is 8.70. The van der Waals surface area contributed by atoms with Crippen molar-refractivity contribution in [2.24, 2.45) is 0 Å². The molecule has 0 saturated heterocycles. The van der Waals surface area contributed by atoms with E-state index in [0.29, 0.717) is 13.2 Å². The Kier molecular flexibility index (Phi) is 5.62. The van der Waals surface area contributed by atoms with Crippen molar-refractivity contribution in [3.63, 3.8) is 0 Å². The summed E-state index contributed by atoms with van der Waals surface area (Å²) in [6.07, 6.45) is 0. The third-order valence-corrected chi connectivity index (χ3v) is 3.89. The molecule has 1 aromatic carbocycles. The minimum absolute atomic E-state index is 0.116. The van der Waals surface area contributed by atoms with Gasteiger partial charge in [0.05, 0.1) is 13.2 Å².